The Morgan fingerprint density at radius 1 is 1.12 bits per heavy atom. The fourth-order valence-electron chi connectivity index (χ4n) is 4.76. The summed E-state index contributed by atoms with van der Waals surface area (Å²) in [5.74, 6) is -3.58. The van der Waals surface area contributed by atoms with Crippen LogP contribution in [0.4, 0.5) is 13.2 Å². The number of benzene rings is 2. The number of nitrogens with two attached hydrogens (primary N) is 1. The van der Waals surface area contributed by atoms with Crippen molar-refractivity contribution in [2.24, 2.45) is 11.7 Å². The van der Waals surface area contributed by atoms with Crippen molar-refractivity contribution in [3.8, 4) is 6.07 Å². The topological polar surface area (TPSA) is 90.4 Å². The third-order valence-electron chi connectivity index (χ3n) is 6.40. The molecule has 0 saturated carbocycles. The molecule has 2 aromatic rings. The Labute approximate surface area is 189 Å². The largest absolute Gasteiger partial charge is 0.338 e. The average Bonchev–Trinajstić information content (AvgIpc) is 3.38. The summed E-state index contributed by atoms with van der Waals surface area (Å²) < 4.78 is 40.4. The Morgan fingerprint density at radius 2 is 1.88 bits per heavy atom. The molecule has 4 rings (SSSR count). The van der Waals surface area contributed by atoms with E-state index in [1.54, 1.807) is 34.1 Å². The smallest absolute Gasteiger partial charge is 0.253 e. The maximum absolute atomic E-state index is 13.9. The highest BCUT2D eigenvalue weighted by Gasteiger charge is 2.44. The van der Waals surface area contributed by atoms with Gasteiger partial charge in [0.15, 0.2) is 11.6 Å². The van der Waals surface area contributed by atoms with E-state index in [0.717, 1.165) is 12.5 Å². The molecule has 2 saturated heterocycles. The van der Waals surface area contributed by atoms with Crippen molar-refractivity contribution in [1.82, 2.24) is 9.80 Å². The molecule has 0 aliphatic carbocycles. The molecule has 2 heterocycles. The monoisotopic (exact) mass is 456 g/mol. The second kappa shape index (κ2) is 9.24. The number of carbonyl (C=O) groups excluding carboxylic acids is 2. The second-order valence-corrected chi connectivity index (χ2v) is 8.63. The van der Waals surface area contributed by atoms with Crippen molar-refractivity contribution in [3.05, 3.63) is 70.5 Å². The van der Waals surface area contributed by atoms with Crippen LogP contribution in [-0.4, -0.2) is 53.3 Å². The van der Waals surface area contributed by atoms with E-state index in [1.165, 1.54) is 0 Å². The first-order valence-corrected chi connectivity index (χ1v) is 10.7. The van der Waals surface area contributed by atoms with Crippen LogP contribution >= 0.6 is 0 Å². The zero-order valence-electron chi connectivity index (χ0n) is 17.8. The molecule has 9 heteroatoms. The van der Waals surface area contributed by atoms with Gasteiger partial charge in [-0.2, -0.15) is 5.26 Å². The van der Waals surface area contributed by atoms with E-state index in [1.807, 2.05) is 6.07 Å². The number of nitrogens with zero attached hydrogens (tertiary/aromatic N) is 3. The molecule has 0 spiro atoms. The van der Waals surface area contributed by atoms with Crippen LogP contribution in [0.15, 0.2) is 36.4 Å². The molecule has 2 aliphatic heterocycles. The van der Waals surface area contributed by atoms with E-state index in [4.69, 9.17) is 11.0 Å². The van der Waals surface area contributed by atoms with Crippen LogP contribution in [0.25, 0.3) is 0 Å². The molecule has 33 heavy (non-hydrogen) atoms. The van der Waals surface area contributed by atoms with E-state index < -0.39 is 23.5 Å². The van der Waals surface area contributed by atoms with E-state index in [9.17, 15) is 22.8 Å². The van der Waals surface area contributed by atoms with Crippen LogP contribution in [0.3, 0.4) is 0 Å². The minimum Gasteiger partial charge on any atom is -0.338 e. The molecule has 0 radical (unpaired) electrons. The average molecular weight is 456 g/mol. The van der Waals surface area contributed by atoms with Crippen molar-refractivity contribution >= 4 is 11.8 Å². The summed E-state index contributed by atoms with van der Waals surface area (Å²) in [4.78, 5) is 29.2. The Morgan fingerprint density at radius 3 is 2.64 bits per heavy atom. The SMILES string of the molecule is N#Cc1cccc(C(=O)N2CC3CCN(C(=O)CC(N)Cc4cc(F)c(F)cc4F)C3C2)c1. The molecule has 3 unspecified atom stereocenters. The summed E-state index contributed by atoms with van der Waals surface area (Å²) >= 11 is 0. The lowest BCUT2D eigenvalue weighted by atomic mass is 10.0. The highest BCUT2D eigenvalue weighted by Crippen LogP contribution is 2.33. The van der Waals surface area contributed by atoms with Gasteiger partial charge < -0.3 is 15.5 Å². The second-order valence-electron chi connectivity index (χ2n) is 8.63. The minimum absolute atomic E-state index is 0.0696. The number of halogens is 3. The van der Waals surface area contributed by atoms with Gasteiger partial charge in [-0.15, -0.1) is 0 Å². The van der Waals surface area contributed by atoms with E-state index in [0.29, 0.717) is 36.8 Å². The number of nitriles is 1. The maximum atomic E-state index is 13.9. The molecular weight excluding hydrogens is 433 g/mol. The van der Waals surface area contributed by atoms with Crippen LogP contribution in [0.5, 0.6) is 0 Å². The molecule has 0 aromatic heterocycles. The predicted octanol–water partition coefficient (Wildman–Crippen LogP) is 2.61. The van der Waals surface area contributed by atoms with Gasteiger partial charge in [0.25, 0.3) is 5.91 Å². The number of hydrogen-bond acceptors (Lipinski definition) is 4. The molecule has 6 nitrogen and oxygen atoms in total. The van der Waals surface area contributed by atoms with Crippen molar-refractivity contribution in [2.45, 2.75) is 31.3 Å². The highest BCUT2D eigenvalue weighted by atomic mass is 19.2. The molecule has 0 bridgehead atoms. The maximum Gasteiger partial charge on any atom is 0.253 e. The normalized spacial score (nSPS) is 20.5. The van der Waals surface area contributed by atoms with Gasteiger partial charge in [0.2, 0.25) is 5.91 Å². The van der Waals surface area contributed by atoms with Crippen LogP contribution in [0.1, 0.15) is 34.3 Å². The number of amides is 2. The van der Waals surface area contributed by atoms with Crippen LogP contribution in [0, 0.1) is 34.7 Å². The first-order chi connectivity index (χ1) is 15.8. The van der Waals surface area contributed by atoms with Gasteiger partial charge in [-0.3, -0.25) is 9.59 Å². The van der Waals surface area contributed by atoms with Crippen molar-refractivity contribution in [1.29, 1.82) is 5.26 Å². The van der Waals surface area contributed by atoms with Gasteiger partial charge >= 0.3 is 0 Å². The first kappa shape index (κ1) is 22.8. The summed E-state index contributed by atoms with van der Waals surface area (Å²) in [5, 5.41) is 9.06. The predicted molar refractivity (Wildman–Crippen MR) is 113 cm³/mol. The Balaban J connectivity index is 1.37. The lowest BCUT2D eigenvalue weighted by molar-refractivity contribution is -0.132. The fourth-order valence-corrected chi connectivity index (χ4v) is 4.76. The lowest BCUT2D eigenvalue weighted by Crippen LogP contribution is -2.43. The van der Waals surface area contributed by atoms with E-state index >= 15 is 0 Å². The standard InChI is InChI=1S/C24H23F3N4O2/c25-19-10-21(27)20(26)8-17(19)7-18(29)9-23(32)31-5-4-16-12-30(13-22(16)31)24(33)15-3-1-2-14(6-15)11-28/h1-3,6,8,10,16,18,22H,4-5,7,9,12-13,29H2. The molecule has 2 amide bonds. The molecule has 172 valence electrons. The summed E-state index contributed by atoms with van der Waals surface area (Å²) in [6.07, 6.45) is 0.585. The Bertz CT molecular complexity index is 1130. The summed E-state index contributed by atoms with van der Waals surface area (Å²) in [7, 11) is 0. The number of carbonyl (C=O) groups is 2. The Kier molecular flexibility index (Phi) is 6.38. The minimum atomic E-state index is -1.27. The van der Waals surface area contributed by atoms with Gasteiger partial charge in [-0.25, -0.2) is 13.2 Å². The van der Waals surface area contributed by atoms with Crippen molar-refractivity contribution < 1.29 is 22.8 Å². The molecule has 2 aromatic carbocycles. The zero-order valence-corrected chi connectivity index (χ0v) is 17.8. The van der Waals surface area contributed by atoms with Gasteiger partial charge in [-0.05, 0) is 42.7 Å². The van der Waals surface area contributed by atoms with Crippen LogP contribution < -0.4 is 5.73 Å². The van der Waals surface area contributed by atoms with E-state index in [-0.39, 0.29) is 42.2 Å². The number of fused-ring (bicyclic) bond motifs is 1. The van der Waals surface area contributed by atoms with Gasteiger partial charge in [-0.1, -0.05) is 6.07 Å². The third-order valence-corrected chi connectivity index (χ3v) is 6.40. The number of hydrogen-bond donors (Lipinski definition) is 1. The third kappa shape index (κ3) is 4.71. The zero-order chi connectivity index (χ0) is 23.7. The highest BCUT2D eigenvalue weighted by molar-refractivity contribution is 5.95. The first-order valence-electron chi connectivity index (χ1n) is 10.7. The summed E-state index contributed by atoms with van der Waals surface area (Å²) in [6.45, 7) is 1.46. The number of likely N-dealkylation sites (tertiary alicyclic amines) is 2. The number of rotatable bonds is 5. The quantitative estimate of drug-likeness (QED) is 0.701. The summed E-state index contributed by atoms with van der Waals surface area (Å²) in [5.41, 5.74) is 6.79. The van der Waals surface area contributed by atoms with Crippen LogP contribution in [-0.2, 0) is 11.2 Å². The molecular formula is C24H23F3N4O2. The fraction of sp³-hybridized carbons (Fsp3) is 0.375. The van der Waals surface area contributed by atoms with Gasteiger partial charge in [0.1, 0.15) is 5.82 Å². The van der Waals surface area contributed by atoms with Crippen molar-refractivity contribution in [3.63, 3.8) is 0 Å². The molecule has 2 N–H and O–H groups in total. The Hall–Kier alpha value is -3.38. The van der Waals surface area contributed by atoms with Gasteiger partial charge in [0.05, 0.1) is 17.7 Å². The van der Waals surface area contributed by atoms with E-state index in [2.05, 4.69) is 0 Å². The summed E-state index contributed by atoms with van der Waals surface area (Å²) in [6, 6.07) is 8.88. The molecule has 2 fully saturated rings. The lowest BCUT2D eigenvalue weighted by Gasteiger charge is -2.26. The van der Waals surface area contributed by atoms with Gasteiger partial charge in [0, 0.05) is 49.6 Å². The molecule has 2 aliphatic rings. The van der Waals surface area contributed by atoms with Crippen LogP contribution in [0.2, 0.25) is 0 Å². The molecule has 3 atom stereocenters. The van der Waals surface area contributed by atoms with Crippen molar-refractivity contribution in [2.75, 3.05) is 19.6 Å².